The lowest BCUT2D eigenvalue weighted by atomic mass is 10.1. The lowest BCUT2D eigenvalue weighted by molar-refractivity contribution is 0.104. The van der Waals surface area contributed by atoms with Crippen molar-refractivity contribution in [3.63, 3.8) is 0 Å². The zero-order valence-corrected chi connectivity index (χ0v) is 16.8. The highest BCUT2D eigenvalue weighted by Crippen LogP contribution is 2.26. The summed E-state index contributed by atoms with van der Waals surface area (Å²) in [5, 5.41) is 5.52. The highest BCUT2D eigenvalue weighted by Gasteiger charge is 2.11. The normalized spacial score (nSPS) is 11.1. The topological polar surface area (TPSA) is 34.9 Å². The van der Waals surface area contributed by atoms with Gasteiger partial charge >= 0.3 is 0 Å². The summed E-state index contributed by atoms with van der Waals surface area (Å²) >= 11 is 12.0. The maximum Gasteiger partial charge on any atom is 0.185 e. The Kier molecular flexibility index (Phi) is 5.61. The molecule has 1 aromatic heterocycles. The molecule has 0 saturated heterocycles. The summed E-state index contributed by atoms with van der Waals surface area (Å²) in [6, 6.07) is 24.6. The van der Waals surface area contributed by atoms with E-state index in [1.165, 1.54) is 6.08 Å². The Morgan fingerprint density at radius 2 is 1.55 bits per heavy atom. The van der Waals surface area contributed by atoms with Gasteiger partial charge in [0.05, 0.1) is 21.4 Å². The van der Waals surface area contributed by atoms with Crippen molar-refractivity contribution in [3.8, 4) is 16.9 Å². The third-order valence-corrected chi connectivity index (χ3v) is 5.17. The Labute approximate surface area is 178 Å². The van der Waals surface area contributed by atoms with Crippen molar-refractivity contribution in [2.24, 2.45) is 0 Å². The molecule has 0 atom stereocenters. The average molecular weight is 419 g/mol. The number of carbonyl (C=O) groups is 1. The van der Waals surface area contributed by atoms with Gasteiger partial charge in [-0.2, -0.15) is 5.10 Å². The van der Waals surface area contributed by atoms with E-state index in [1.54, 1.807) is 24.3 Å². The average Bonchev–Trinajstić information content (AvgIpc) is 3.19. The maximum absolute atomic E-state index is 12.6. The number of nitrogens with zero attached hydrogens (tertiary/aromatic N) is 2. The number of hydrogen-bond acceptors (Lipinski definition) is 2. The molecule has 142 valence electrons. The first-order chi connectivity index (χ1) is 14.1. The van der Waals surface area contributed by atoms with Gasteiger partial charge in [-0.3, -0.25) is 4.79 Å². The van der Waals surface area contributed by atoms with E-state index in [4.69, 9.17) is 28.3 Å². The van der Waals surface area contributed by atoms with Crippen LogP contribution >= 0.6 is 23.2 Å². The molecule has 0 bridgehead atoms. The number of para-hydroxylation sites is 1. The van der Waals surface area contributed by atoms with Crippen LogP contribution in [0.25, 0.3) is 23.0 Å². The Morgan fingerprint density at radius 1 is 0.862 bits per heavy atom. The van der Waals surface area contributed by atoms with Crippen molar-refractivity contribution in [3.05, 3.63) is 112 Å². The van der Waals surface area contributed by atoms with E-state index < -0.39 is 0 Å². The van der Waals surface area contributed by atoms with Crippen LogP contribution in [0.4, 0.5) is 0 Å². The van der Waals surface area contributed by atoms with Gasteiger partial charge in [-0.05, 0) is 42.5 Å². The van der Waals surface area contributed by atoms with Crippen LogP contribution in [0.3, 0.4) is 0 Å². The first-order valence-electron chi connectivity index (χ1n) is 9.00. The molecule has 0 saturated carbocycles. The van der Waals surface area contributed by atoms with E-state index in [0.29, 0.717) is 15.6 Å². The molecule has 0 unspecified atom stereocenters. The van der Waals surface area contributed by atoms with Crippen LogP contribution in [-0.2, 0) is 0 Å². The van der Waals surface area contributed by atoms with Crippen LogP contribution in [0.5, 0.6) is 0 Å². The predicted octanol–water partition coefficient (Wildman–Crippen LogP) is 6.74. The van der Waals surface area contributed by atoms with E-state index in [-0.39, 0.29) is 5.78 Å². The third kappa shape index (κ3) is 4.32. The molecule has 0 radical (unpaired) electrons. The van der Waals surface area contributed by atoms with Crippen LogP contribution in [0.2, 0.25) is 10.0 Å². The SMILES string of the molecule is O=C(/C=C/c1cn(-c2ccccc2)nc1-c1ccccc1)c1ccc(Cl)c(Cl)c1. The quantitative estimate of drug-likeness (QED) is 0.265. The fourth-order valence-corrected chi connectivity index (χ4v) is 3.25. The minimum absolute atomic E-state index is 0.157. The summed E-state index contributed by atoms with van der Waals surface area (Å²) < 4.78 is 1.81. The van der Waals surface area contributed by atoms with Crippen molar-refractivity contribution in [1.82, 2.24) is 9.78 Å². The fraction of sp³-hybridized carbons (Fsp3) is 0. The van der Waals surface area contributed by atoms with Crippen molar-refractivity contribution in [1.29, 1.82) is 0 Å². The predicted molar refractivity (Wildman–Crippen MR) is 119 cm³/mol. The van der Waals surface area contributed by atoms with Gasteiger partial charge in [0.15, 0.2) is 5.78 Å². The van der Waals surface area contributed by atoms with Crippen molar-refractivity contribution in [2.45, 2.75) is 0 Å². The third-order valence-electron chi connectivity index (χ3n) is 4.43. The summed E-state index contributed by atoms with van der Waals surface area (Å²) in [7, 11) is 0. The highest BCUT2D eigenvalue weighted by molar-refractivity contribution is 6.42. The summed E-state index contributed by atoms with van der Waals surface area (Å²) in [4.78, 5) is 12.6. The first kappa shape index (κ1) is 19.2. The molecule has 0 aliphatic rings. The molecule has 4 rings (SSSR count). The molecule has 0 spiro atoms. The molecule has 1 heterocycles. The molecule has 29 heavy (non-hydrogen) atoms. The number of benzene rings is 3. The van der Waals surface area contributed by atoms with Gasteiger partial charge in [0, 0.05) is 22.9 Å². The number of rotatable bonds is 5. The number of aromatic nitrogens is 2. The summed E-state index contributed by atoms with van der Waals surface area (Å²) in [5.41, 5.74) is 4.04. The second-order valence-corrected chi connectivity index (χ2v) is 7.22. The zero-order chi connectivity index (χ0) is 20.2. The number of ketones is 1. The van der Waals surface area contributed by atoms with Gasteiger partial charge in [0.2, 0.25) is 0 Å². The molecule has 0 aliphatic carbocycles. The van der Waals surface area contributed by atoms with E-state index in [1.807, 2.05) is 71.5 Å². The number of allylic oxidation sites excluding steroid dienone is 1. The van der Waals surface area contributed by atoms with Crippen LogP contribution in [0.1, 0.15) is 15.9 Å². The molecule has 0 N–H and O–H groups in total. The summed E-state index contributed by atoms with van der Waals surface area (Å²) in [5.74, 6) is -0.157. The van der Waals surface area contributed by atoms with Gasteiger partial charge < -0.3 is 0 Å². The molecule has 0 fully saturated rings. The molecular formula is C24H16Cl2N2O. The van der Waals surface area contributed by atoms with Crippen LogP contribution in [0.15, 0.2) is 91.1 Å². The molecular weight excluding hydrogens is 403 g/mol. The summed E-state index contributed by atoms with van der Waals surface area (Å²) in [6.45, 7) is 0. The van der Waals surface area contributed by atoms with Gasteiger partial charge in [-0.1, -0.05) is 71.7 Å². The standard InChI is InChI=1S/C24H16Cl2N2O/c25-21-13-11-18(15-22(21)26)23(29)14-12-19-16-28(20-9-5-2-6-10-20)27-24(19)17-7-3-1-4-8-17/h1-16H/b14-12+. The fourth-order valence-electron chi connectivity index (χ4n) is 2.95. The Balaban J connectivity index is 1.72. The maximum atomic E-state index is 12.6. The minimum atomic E-state index is -0.157. The lowest BCUT2D eigenvalue weighted by Crippen LogP contribution is -1.94. The molecule has 0 amide bonds. The summed E-state index contributed by atoms with van der Waals surface area (Å²) in [6.07, 6.45) is 5.22. The monoisotopic (exact) mass is 418 g/mol. The van der Waals surface area contributed by atoms with Crippen molar-refractivity contribution < 1.29 is 4.79 Å². The van der Waals surface area contributed by atoms with Crippen LogP contribution < -0.4 is 0 Å². The van der Waals surface area contributed by atoms with Gasteiger partial charge in [0.25, 0.3) is 0 Å². The highest BCUT2D eigenvalue weighted by atomic mass is 35.5. The zero-order valence-electron chi connectivity index (χ0n) is 15.3. The number of hydrogen-bond donors (Lipinski definition) is 0. The van der Waals surface area contributed by atoms with Gasteiger partial charge in [-0.15, -0.1) is 0 Å². The molecule has 5 heteroatoms. The largest absolute Gasteiger partial charge is 0.289 e. The molecule has 4 aromatic rings. The number of halogens is 2. The van der Waals surface area contributed by atoms with Crippen molar-refractivity contribution >= 4 is 35.1 Å². The Hall–Kier alpha value is -3.14. The van der Waals surface area contributed by atoms with E-state index in [0.717, 1.165) is 22.5 Å². The van der Waals surface area contributed by atoms with E-state index >= 15 is 0 Å². The van der Waals surface area contributed by atoms with Crippen LogP contribution in [0, 0.1) is 0 Å². The first-order valence-corrected chi connectivity index (χ1v) is 9.75. The minimum Gasteiger partial charge on any atom is -0.289 e. The second-order valence-electron chi connectivity index (χ2n) is 6.41. The molecule has 3 nitrogen and oxygen atoms in total. The molecule has 0 aliphatic heterocycles. The number of carbonyl (C=O) groups excluding carboxylic acids is 1. The van der Waals surface area contributed by atoms with Crippen LogP contribution in [-0.4, -0.2) is 15.6 Å². The Morgan fingerprint density at radius 3 is 2.24 bits per heavy atom. The van der Waals surface area contributed by atoms with Gasteiger partial charge in [-0.25, -0.2) is 4.68 Å². The second kappa shape index (κ2) is 8.48. The van der Waals surface area contributed by atoms with E-state index in [2.05, 4.69) is 0 Å². The van der Waals surface area contributed by atoms with Crippen molar-refractivity contribution in [2.75, 3.05) is 0 Å². The Bertz CT molecular complexity index is 1180. The van der Waals surface area contributed by atoms with E-state index in [9.17, 15) is 4.79 Å². The smallest absolute Gasteiger partial charge is 0.185 e. The lowest BCUT2D eigenvalue weighted by Gasteiger charge is -2.00. The molecule has 3 aromatic carbocycles. The van der Waals surface area contributed by atoms with Gasteiger partial charge in [0.1, 0.15) is 0 Å².